The lowest BCUT2D eigenvalue weighted by molar-refractivity contribution is -0.384. The third-order valence-corrected chi connectivity index (χ3v) is 4.78. The van der Waals surface area contributed by atoms with Gasteiger partial charge in [0.25, 0.3) is 17.5 Å². The first-order valence-corrected chi connectivity index (χ1v) is 9.08. The highest BCUT2D eigenvalue weighted by Gasteiger charge is 2.34. The number of hydrogen-bond donors (Lipinski definition) is 1. The monoisotopic (exact) mass is 394 g/mol. The van der Waals surface area contributed by atoms with E-state index in [2.05, 4.69) is 5.43 Å². The Morgan fingerprint density at radius 3 is 2.48 bits per heavy atom. The third-order valence-electron chi connectivity index (χ3n) is 4.78. The van der Waals surface area contributed by atoms with E-state index in [4.69, 9.17) is 4.74 Å². The van der Waals surface area contributed by atoms with Gasteiger partial charge in [-0.05, 0) is 24.3 Å². The zero-order chi connectivity index (χ0) is 20.4. The van der Waals surface area contributed by atoms with E-state index in [9.17, 15) is 19.7 Å². The number of hydrogen-bond acceptors (Lipinski definition) is 6. The predicted molar refractivity (Wildman–Crippen MR) is 106 cm³/mol. The summed E-state index contributed by atoms with van der Waals surface area (Å²) in [4.78, 5) is 38.1. The van der Waals surface area contributed by atoms with Crippen molar-refractivity contribution >= 4 is 35.0 Å². The van der Waals surface area contributed by atoms with Crippen LogP contribution in [-0.4, -0.2) is 43.0 Å². The molecule has 9 nitrogen and oxygen atoms in total. The first kappa shape index (κ1) is 18.6. The summed E-state index contributed by atoms with van der Waals surface area (Å²) in [6, 6.07) is 13.2. The molecule has 2 amide bonds. The van der Waals surface area contributed by atoms with Gasteiger partial charge in [-0.15, -0.1) is 0 Å². The molecule has 2 heterocycles. The highest BCUT2D eigenvalue weighted by molar-refractivity contribution is 6.31. The smallest absolute Gasteiger partial charge is 0.282 e. The average molecular weight is 394 g/mol. The molecule has 148 valence electrons. The minimum absolute atomic E-state index is 0.0798. The van der Waals surface area contributed by atoms with Gasteiger partial charge in [-0.2, -0.15) is 0 Å². The van der Waals surface area contributed by atoms with Crippen LogP contribution in [0.25, 0.3) is 6.08 Å². The number of ether oxygens (including phenoxy) is 1. The van der Waals surface area contributed by atoms with Crippen molar-refractivity contribution in [1.29, 1.82) is 0 Å². The molecule has 0 bridgehead atoms. The Kier molecular flexibility index (Phi) is 4.96. The fourth-order valence-corrected chi connectivity index (χ4v) is 3.34. The van der Waals surface area contributed by atoms with E-state index in [0.717, 1.165) is 0 Å². The number of nitro benzene ring substituents is 1. The molecule has 0 saturated carbocycles. The van der Waals surface area contributed by atoms with E-state index in [-0.39, 0.29) is 11.3 Å². The quantitative estimate of drug-likeness (QED) is 0.368. The van der Waals surface area contributed by atoms with Crippen molar-refractivity contribution in [1.82, 2.24) is 5.43 Å². The molecule has 0 radical (unpaired) electrons. The van der Waals surface area contributed by atoms with Gasteiger partial charge in [0.2, 0.25) is 0 Å². The summed E-state index contributed by atoms with van der Waals surface area (Å²) in [5.41, 5.74) is 4.03. The normalized spacial score (nSPS) is 18.3. The van der Waals surface area contributed by atoms with Gasteiger partial charge in [0.1, 0.15) is 5.57 Å². The highest BCUT2D eigenvalue weighted by atomic mass is 16.6. The van der Waals surface area contributed by atoms with Crippen molar-refractivity contribution in [2.45, 2.75) is 0 Å². The average Bonchev–Trinajstić information content (AvgIpc) is 3.03. The predicted octanol–water partition coefficient (Wildman–Crippen LogP) is 1.89. The van der Waals surface area contributed by atoms with Gasteiger partial charge in [0.15, 0.2) is 0 Å². The second-order valence-corrected chi connectivity index (χ2v) is 6.57. The number of morpholine rings is 1. The van der Waals surface area contributed by atoms with Crippen LogP contribution < -0.4 is 15.3 Å². The zero-order valence-electron chi connectivity index (χ0n) is 15.4. The number of anilines is 2. The maximum Gasteiger partial charge on any atom is 0.282 e. The van der Waals surface area contributed by atoms with Crippen molar-refractivity contribution in [2.24, 2.45) is 0 Å². The molecule has 2 aliphatic rings. The standard InChI is InChI=1S/C20H18N4O5/c25-19-17(20(26)23(21-19)15-4-2-1-3-5-15)13-14-12-16(24(27)28)6-7-18(14)22-8-10-29-11-9-22/h1-7,12-13H,8-11H2,(H,21,25)/b17-13+. The number of carbonyl (C=O) groups excluding carboxylic acids is 2. The summed E-state index contributed by atoms with van der Waals surface area (Å²) in [6.45, 7) is 2.30. The van der Waals surface area contributed by atoms with Gasteiger partial charge in [0.05, 0.1) is 23.8 Å². The number of nitrogens with zero attached hydrogens (tertiary/aromatic N) is 3. The number of nitro groups is 1. The molecule has 1 N–H and O–H groups in total. The van der Waals surface area contributed by atoms with Gasteiger partial charge in [-0.3, -0.25) is 25.1 Å². The fourth-order valence-electron chi connectivity index (χ4n) is 3.34. The van der Waals surface area contributed by atoms with Crippen LogP contribution in [0.4, 0.5) is 17.1 Å². The lowest BCUT2D eigenvalue weighted by atomic mass is 10.1. The SMILES string of the molecule is O=C1NN(c2ccccc2)C(=O)/C1=C/c1cc([N+](=O)[O-])ccc1N1CCOCC1. The van der Waals surface area contributed by atoms with Crippen LogP contribution in [0.15, 0.2) is 54.1 Å². The van der Waals surface area contributed by atoms with Crippen LogP contribution in [0, 0.1) is 10.1 Å². The molecule has 0 aliphatic carbocycles. The largest absolute Gasteiger partial charge is 0.378 e. The number of nitrogens with one attached hydrogen (secondary N) is 1. The van der Waals surface area contributed by atoms with Gasteiger partial charge < -0.3 is 9.64 Å². The molecule has 0 aromatic heterocycles. The summed E-state index contributed by atoms with van der Waals surface area (Å²) in [5.74, 6) is -1.07. The van der Waals surface area contributed by atoms with Crippen LogP contribution in [0.2, 0.25) is 0 Å². The maximum absolute atomic E-state index is 12.8. The van der Waals surface area contributed by atoms with Crippen molar-refractivity contribution in [3.63, 3.8) is 0 Å². The highest BCUT2D eigenvalue weighted by Crippen LogP contribution is 2.30. The van der Waals surface area contributed by atoms with E-state index in [1.165, 1.54) is 23.2 Å². The molecule has 2 aromatic carbocycles. The van der Waals surface area contributed by atoms with Gasteiger partial charge >= 0.3 is 0 Å². The van der Waals surface area contributed by atoms with Crippen LogP contribution >= 0.6 is 0 Å². The first-order chi connectivity index (χ1) is 14.0. The topological polar surface area (TPSA) is 105 Å². The minimum atomic E-state index is -0.557. The molecule has 2 saturated heterocycles. The zero-order valence-corrected chi connectivity index (χ0v) is 15.4. The Balaban J connectivity index is 1.74. The van der Waals surface area contributed by atoms with Crippen molar-refractivity contribution in [3.8, 4) is 0 Å². The summed E-state index contributed by atoms with van der Waals surface area (Å²) in [5, 5.41) is 12.4. The lowest BCUT2D eigenvalue weighted by Gasteiger charge is -2.30. The van der Waals surface area contributed by atoms with E-state index >= 15 is 0 Å². The molecule has 9 heteroatoms. The number of rotatable bonds is 4. The Bertz CT molecular complexity index is 999. The molecular formula is C20H18N4O5. The Morgan fingerprint density at radius 1 is 1.07 bits per heavy atom. The molecule has 2 fully saturated rings. The summed E-state index contributed by atoms with van der Waals surface area (Å²) < 4.78 is 5.36. The van der Waals surface area contributed by atoms with Crippen molar-refractivity contribution < 1.29 is 19.2 Å². The number of non-ortho nitro benzene ring substituents is 1. The van der Waals surface area contributed by atoms with Crippen LogP contribution in [-0.2, 0) is 14.3 Å². The van der Waals surface area contributed by atoms with Crippen LogP contribution in [0.5, 0.6) is 0 Å². The number of hydrazine groups is 1. The van der Waals surface area contributed by atoms with E-state index in [0.29, 0.717) is 43.2 Å². The lowest BCUT2D eigenvalue weighted by Crippen LogP contribution is -2.36. The Labute approximate surface area is 166 Å². The molecule has 0 unspecified atom stereocenters. The Morgan fingerprint density at radius 2 is 1.79 bits per heavy atom. The molecule has 2 aromatic rings. The number of carbonyl (C=O) groups is 2. The molecule has 29 heavy (non-hydrogen) atoms. The van der Waals surface area contributed by atoms with E-state index < -0.39 is 16.7 Å². The van der Waals surface area contributed by atoms with Crippen molar-refractivity contribution in [3.05, 3.63) is 69.8 Å². The fraction of sp³-hybridized carbons (Fsp3) is 0.200. The molecule has 0 atom stereocenters. The minimum Gasteiger partial charge on any atom is -0.378 e. The summed E-state index contributed by atoms with van der Waals surface area (Å²) >= 11 is 0. The first-order valence-electron chi connectivity index (χ1n) is 9.08. The van der Waals surface area contributed by atoms with Gasteiger partial charge in [-0.1, -0.05) is 18.2 Å². The van der Waals surface area contributed by atoms with Crippen LogP contribution in [0.1, 0.15) is 5.56 Å². The Hall–Kier alpha value is -3.72. The molecule has 4 rings (SSSR count). The third kappa shape index (κ3) is 3.67. The second kappa shape index (κ2) is 7.72. The number of benzene rings is 2. The summed E-state index contributed by atoms with van der Waals surface area (Å²) in [7, 11) is 0. The van der Waals surface area contributed by atoms with E-state index in [1.807, 2.05) is 4.90 Å². The number of para-hydroxylation sites is 1. The summed E-state index contributed by atoms with van der Waals surface area (Å²) in [6.07, 6.45) is 1.42. The van der Waals surface area contributed by atoms with E-state index in [1.54, 1.807) is 36.4 Å². The second-order valence-electron chi connectivity index (χ2n) is 6.57. The van der Waals surface area contributed by atoms with Gasteiger partial charge in [-0.25, -0.2) is 5.01 Å². The van der Waals surface area contributed by atoms with Crippen LogP contribution in [0.3, 0.4) is 0 Å². The van der Waals surface area contributed by atoms with Gasteiger partial charge in [0, 0.05) is 36.5 Å². The molecule has 0 spiro atoms. The maximum atomic E-state index is 12.8. The van der Waals surface area contributed by atoms with Crippen molar-refractivity contribution in [2.75, 3.05) is 36.2 Å². The number of amides is 2. The molecule has 2 aliphatic heterocycles. The molecular weight excluding hydrogens is 376 g/mol.